The molecule has 1 aliphatic rings. The summed E-state index contributed by atoms with van der Waals surface area (Å²) in [6.07, 6.45) is 3.31. The number of benzene rings is 1. The van der Waals surface area contributed by atoms with Gasteiger partial charge < -0.3 is 5.32 Å². The van der Waals surface area contributed by atoms with Crippen LogP contribution in [0.15, 0.2) is 18.2 Å². The monoisotopic (exact) mass is 246 g/mol. The number of likely N-dealkylation sites (N-methyl/N-ethyl adjacent to an activating group) is 1. The van der Waals surface area contributed by atoms with Crippen molar-refractivity contribution < 1.29 is 4.79 Å². The van der Waals surface area contributed by atoms with Crippen molar-refractivity contribution >= 4 is 11.6 Å². The van der Waals surface area contributed by atoms with Gasteiger partial charge in [-0.25, -0.2) is 0 Å². The molecule has 98 valence electrons. The highest BCUT2D eigenvalue weighted by Gasteiger charge is 2.25. The second kappa shape index (κ2) is 5.53. The van der Waals surface area contributed by atoms with E-state index in [0.717, 1.165) is 25.1 Å². The number of nitrogens with one attached hydrogen (secondary N) is 1. The third-order valence-corrected chi connectivity index (χ3v) is 3.56. The van der Waals surface area contributed by atoms with Gasteiger partial charge in [-0.3, -0.25) is 9.69 Å². The minimum absolute atomic E-state index is 0.0274. The lowest BCUT2D eigenvalue weighted by atomic mass is 10.0. The minimum atomic E-state index is 0.0274. The zero-order chi connectivity index (χ0) is 13.1. The lowest BCUT2D eigenvalue weighted by Crippen LogP contribution is -2.44. The first kappa shape index (κ1) is 13.1. The Morgan fingerprint density at radius 2 is 1.89 bits per heavy atom. The summed E-state index contributed by atoms with van der Waals surface area (Å²) in [6.45, 7) is 5.12. The van der Waals surface area contributed by atoms with Gasteiger partial charge in [-0.2, -0.15) is 0 Å². The number of rotatable bonds is 2. The van der Waals surface area contributed by atoms with Crippen LogP contribution in [0.2, 0.25) is 0 Å². The number of nitrogens with zero attached hydrogens (tertiary/aromatic N) is 1. The van der Waals surface area contributed by atoms with Gasteiger partial charge in [0.2, 0.25) is 5.91 Å². The van der Waals surface area contributed by atoms with E-state index in [9.17, 15) is 4.79 Å². The zero-order valence-electron chi connectivity index (χ0n) is 11.5. The molecule has 1 unspecified atom stereocenters. The molecule has 1 fully saturated rings. The Bertz CT molecular complexity index is 422. The Morgan fingerprint density at radius 3 is 2.50 bits per heavy atom. The topological polar surface area (TPSA) is 32.3 Å². The van der Waals surface area contributed by atoms with Crippen molar-refractivity contribution in [3.63, 3.8) is 0 Å². The molecule has 1 aliphatic heterocycles. The molecule has 1 heterocycles. The van der Waals surface area contributed by atoms with Crippen molar-refractivity contribution in [1.29, 1.82) is 0 Å². The van der Waals surface area contributed by atoms with Gasteiger partial charge >= 0.3 is 0 Å². The first-order valence-electron chi connectivity index (χ1n) is 6.65. The normalized spacial score (nSPS) is 20.7. The molecule has 1 amide bonds. The molecule has 1 N–H and O–H groups in total. The molecule has 0 saturated carbocycles. The quantitative estimate of drug-likeness (QED) is 0.870. The van der Waals surface area contributed by atoms with Gasteiger partial charge in [-0.05, 0) is 63.5 Å². The molecule has 0 bridgehead atoms. The number of carbonyl (C=O) groups is 1. The SMILES string of the molecule is Cc1cc(C)cc(NC(=O)C2CCCCN2C)c1. The summed E-state index contributed by atoms with van der Waals surface area (Å²) in [5.74, 6) is 0.127. The Kier molecular flexibility index (Phi) is 4.02. The Balaban J connectivity index is 2.06. The first-order chi connectivity index (χ1) is 8.56. The van der Waals surface area contributed by atoms with Crippen LogP contribution in [0.1, 0.15) is 30.4 Å². The fraction of sp³-hybridized carbons (Fsp3) is 0.533. The minimum Gasteiger partial charge on any atom is -0.325 e. The fourth-order valence-electron chi connectivity index (χ4n) is 2.68. The number of carbonyl (C=O) groups excluding carboxylic acids is 1. The summed E-state index contributed by atoms with van der Waals surface area (Å²) in [4.78, 5) is 14.4. The number of anilines is 1. The molecule has 1 saturated heterocycles. The number of hydrogen-bond donors (Lipinski definition) is 1. The summed E-state index contributed by atoms with van der Waals surface area (Å²) in [6, 6.07) is 6.18. The van der Waals surface area contributed by atoms with Crippen LogP contribution in [0.25, 0.3) is 0 Å². The number of aryl methyl sites for hydroxylation is 2. The number of amides is 1. The third-order valence-electron chi connectivity index (χ3n) is 3.56. The van der Waals surface area contributed by atoms with E-state index in [1.165, 1.54) is 17.5 Å². The van der Waals surface area contributed by atoms with Crippen molar-refractivity contribution in [3.05, 3.63) is 29.3 Å². The molecule has 0 aliphatic carbocycles. The smallest absolute Gasteiger partial charge is 0.241 e. The van der Waals surface area contributed by atoms with Gasteiger partial charge in [-0.1, -0.05) is 12.5 Å². The molecular formula is C15H22N2O. The van der Waals surface area contributed by atoms with Gasteiger partial charge in [0.25, 0.3) is 0 Å². The molecule has 0 radical (unpaired) electrons. The Morgan fingerprint density at radius 1 is 1.22 bits per heavy atom. The summed E-state index contributed by atoms with van der Waals surface area (Å²) < 4.78 is 0. The maximum atomic E-state index is 12.2. The first-order valence-corrected chi connectivity index (χ1v) is 6.65. The van der Waals surface area contributed by atoms with E-state index in [4.69, 9.17) is 0 Å². The van der Waals surface area contributed by atoms with E-state index in [-0.39, 0.29) is 11.9 Å². The van der Waals surface area contributed by atoms with Crippen molar-refractivity contribution in [1.82, 2.24) is 4.90 Å². The lowest BCUT2D eigenvalue weighted by Gasteiger charge is -2.31. The van der Waals surface area contributed by atoms with Crippen LogP contribution < -0.4 is 5.32 Å². The fourth-order valence-corrected chi connectivity index (χ4v) is 2.68. The lowest BCUT2D eigenvalue weighted by molar-refractivity contribution is -0.121. The molecule has 1 aromatic rings. The zero-order valence-corrected chi connectivity index (χ0v) is 11.5. The van der Waals surface area contributed by atoms with Crippen LogP contribution >= 0.6 is 0 Å². The highest BCUT2D eigenvalue weighted by Crippen LogP contribution is 2.18. The molecule has 2 rings (SSSR count). The van der Waals surface area contributed by atoms with E-state index >= 15 is 0 Å². The van der Waals surface area contributed by atoms with E-state index in [1.54, 1.807) is 0 Å². The third kappa shape index (κ3) is 3.10. The molecule has 0 aromatic heterocycles. The average Bonchev–Trinajstić information content (AvgIpc) is 2.27. The van der Waals surface area contributed by atoms with E-state index in [1.807, 2.05) is 19.2 Å². The van der Waals surface area contributed by atoms with Crippen molar-refractivity contribution in [3.8, 4) is 0 Å². The maximum absolute atomic E-state index is 12.2. The van der Waals surface area contributed by atoms with Crippen LogP contribution in [0.5, 0.6) is 0 Å². The van der Waals surface area contributed by atoms with Crippen LogP contribution in [-0.4, -0.2) is 30.4 Å². The molecule has 18 heavy (non-hydrogen) atoms. The molecule has 3 heteroatoms. The van der Waals surface area contributed by atoms with Crippen molar-refractivity contribution in [2.45, 2.75) is 39.2 Å². The van der Waals surface area contributed by atoms with Crippen molar-refractivity contribution in [2.75, 3.05) is 18.9 Å². The second-order valence-electron chi connectivity index (χ2n) is 5.36. The summed E-state index contributed by atoms with van der Waals surface area (Å²) in [5, 5.41) is 3.04. The standard InChI is InChI=1S/C15H22N2O/c1-11-8-12(2)10-13(9-11)16-15(18)14-6-4-5-7-17(14)3/h8-10,14H,4-7H2,1-3H3,(H,16,18). The van der Waals surface area contributed by atoms with Gasteiger partial charge in [0.1, 0.15) is 0 Å². The molecule has 1 atom stereocenters. The van der Waals surface area contributed by atoms with Crippen LogP contribution in [0, 0.1) is 13.8 Å². The van der Waals surface area contributed by atoms with E-state index < -0.39 is 0 Å². The summed E-state index contributed by atoms with van der Waals surface area (Å²) >= 11 is 0. The Hall–Kier alpha value is -1.35. The van der Waals surface area contributed by atoms with Crippen LogP contribution in [-0.2, 0) is 4.79 Å². The Labute approximate surface area is 109 Å². The predicted octanol–water partition coefficient (Wildman–Crippen LogP) is 2.73. The van der Waals surface area contributed by atoms with Gasteiger partial charge in [0, 0.05) is 5.69 Å². The predicted molar refractivity (Wildman–Crippen MR) is 74.8 cm³/mol. The van der Waals surface area contributed by atoms with E-state index in [2.05, 4.69) is 30.1 Å². The molecule has 0 spiro atoms. The van der Waals surface area contributed by atoms with Crippen LogP contribution in [0.3, 0.4) is 0 Å². The highest BCUT2D eigenvalue weighted by atomic mass is 16.2. The maximum Gasteiger partial charge on any atom is 0.241 e. The van der Waals surface area contributed by atoms with Gasteiger partial charge in [-0.15, -0.1) is 0 Å². The molecule has 3 nitrogen and oxygen atoms in total. The number of hydrogen-bond acceptors (Lipinski definition) is 2. The van der Waals surface area contributed by atoms with E-state index in [0.29, 0.717) is 0 Å². The number of likely N-dealkylation sites (tertiary alicyclic amines) is 1. The summed E-state index contributed by atoms with van der Waals surface area (Å²) in [7, 11) is 2.03. The van der Waals surface area contributed by atoms with Crippen LogP contribution in [0.4, 0.5) is 5.69 Å². The molecule has 1 aromatic carbocycles. The largest absolute Gasteiger partial charge is 0.325 e. The average molecular weight is 246 g/mol. The van der Waals surface area contributed by atoms with Gasteiger partial charge in [0.15, 0.2) is 0 Å². The summed E-state index contributed by atoms with van der Waals surface area (Å²) in [5.41, 5.74) is 3.28. The molecular weight excluding hydrogens is 224 g/mol. The van der Waals surface area contributed by atoms with Gasteiger partial charge in [0.05, 0.1) is 6.04 Å². The second-order valence-corrected chi connectivity index (χ2v) is 5.36. The highest BCUT2D eigenvalue weighted by molar-refractivity contribution is 5.95. The van der Waals surface area contributed by atoms with Crippen molar-refractivity contribution in [2.24, 2.45) is 0 Å². The number of piperidine rings is 1.